The van der Waals surface area contributed by atoms with Gasteiger partial charge in [0, 0.05) is 13.0 Å². The lowest BCUT2D eigenvalue weighted by Gasteiger charge is -2.26. The predicted molar refractivity (Wildman–Crippen MR) is 93.0 cm³/mol. The van der Waals surface area contributed by atoms with Crippen molar-refractivity contribution in [2.75, 3.05) is 6.54 Å². The molecule has 1 aromatic carbocycles. The van der Waals surface area contributed by atoms with E-state index in [1.54, 1.807) is 12.1 Å². The summed E-state index contributed by atoms with van der Waals surface area (Å²) in [6.45, 7) is 0.218. The highest BCUT2D eigenvalue weighted by molar-refractivity contribution is 5.93. The van der Waals surface area contributed by atoms with Crippen molar-refractivity contribution in [3.63, 3.8) is 0 Å². The third-order valence-electron chi connectivity index (χ3n) is 4.41. The van der Waals surface area contributed by atoms with Crippen molar-refractivity contribution in [2.45, 2.75) is 44.2 Å². The van der Waals surface area contributed by atoms with E-state index in [0.717, 1.165) is 10.5 Å². The highest BCUT2D eigenvalue weighted by Crippen LogP contribution is 2.19. The average Bonchev–Trinajstić information content (AvgIpc) is 3.09. The Morgan fingerprint density at radius 2 is 1.81 bits per heavy atom. The van der Waals surface area contributed by atoms with Gasteiger partial charge < -0.3 is 25.5 Å². The number of hydrogen-bond donors (Lipinski definition) is 4. The van der Waals surface area contributed by atoms with Gasteiger partial charge in [-0.3, -0.25) is 14.4 Å². The quantitative estimate of drug-likeness (QED) is 0.511. The lowest BCUT2D eigenvalue weighted by atomic mass is 10.1. The van der Waals surface area contributed by atoms with Crippen LogP contribution in [0.25, 0.3) is 0 Å². The smallest absolute Gasteiger partial charge is 0.326 e. The van der Waals surface area contributed by atoms with Crippen LogP contribution in [0.3, 0.4) is 0 Å². The van der Waals surface area contributed by atoms with Gasteiger partial charge in [0.1, 0.15) is 17.8 Å². The zero-order valence-corrected chi connectivity index (χ0v) is 14.6. The predicted octanol–water partition coefficient (Wildman–Crippen LogP) is 0.360. The third kappa shape index (κ3) is 5.70. The summed E-state index contributed by atoms with van der Waals surface area (Å²) in [6.07, 6.45) is 0.567. The number of nitrogens with zero attached hydrogens (tertiary/aromatic N) is 1. The van der Waals surface area contributed by atoms with Gasteiger partial charge in [0.05, 0.1) is 6.42 Å². The van der Waals surface area contributed by atoms with Crippen LogP contribution in [0, 0.1) is 0 Å². The van der Waals surface area contributed by atoms with Crippen molar-refractivity contribution in [2.24, 2.45) is 0 Å². The van der Waals surface area contributed by atoms with E-state index in [9.17, 15) is 29.4 Å². The molecule has 1 fully saturated rings. The molecule has 0 saturated carbocycles. The molecule has 2 atom stereocenters. The van der Waals surface area contributed by atoms with Crippen molar-refractivity contribution >= 4 is 23.8 Å². The van der Waals surface area contributed by atoms with E-state index in [1.807, 2.05) is 0 Å². The number of carbonyl (C=O) groups excluding carboxylic acids is 2. The number of rotatable bonds is 8. The Kier molecular flexibility index (Phi) is 6.75. The Hall–Kier alpha value is -3.10. The molecule has 0 aliphatic carbocycles. The Morgan fingerprint density at radius 1 is 1.15 bits per heavy atom. The number of phenolic OH excluding ortho intramolecular Hbond substituents is 1. The molecule has 0 spiro atoms. The fourth-order valence-electron chi connectivity index (χ4n) is 3.05. The van der Waals surface area contributed by atoms with Gasteiger partial charge in [-0.05, 0) is 37.0 Å². The van der Waals surface area contributed by atoms with Gasteiger partial charge >= 0.3 is 11.9 Å². The molecule has 0 aromatic heterocycles. The van der Waals surface area contributed by atoms with Crippen LogP contribution in [0.4, 0.5) is 0 Å². The minimum atomic E-state index is -1.31. The van der Waals surface area contributed by atoms with Crippen molar-refractivity contribution < 1.29 is 34.5 Å². The van der Waals surface area contributed by atoms with E-state index in [0.29, 0.717) is 19.3 Å². The molecule has 2 rings (SSSR count). The summed E-state index contributed by atoms with van der Waals surface area (Å²) in [7, 11) is 0. The second kappa shape index (κ2) is 9.02. The third-order valence-corrected chi connectivity index (χ3v) is 4.41. The summed E-state index contributed by atoms with van der Waals surface area (Å²) in [4.78, 5) is 48.2. The van der Waals surface area contributed by atoms with Crippen LogP contribution in [-0.2, 0) is 25.6 Å². The topological polar surface area (TPSA) is 144 Å². The van der Waals surface area contributed by atoms with Crippen molar-refractivity contribution in [3.8, 4) is 5.75 Å². The summed E-state index contributed by atoms with van der Waals surface area (Å²) in [5.41, 5.74) is 0.801. The van der Waals surface area contributed by atoms with Crippen LogP contribution in [0.1, 0.15) is 31.2 Å². The lowest BCUT2D eigenvalue weighted by molar-refractivity contribution is -0.150. The number of phenols is 1. The first kappa shape index (κ1) is 20.2. The Bertz CT molecular complexity index is 717. The number of aliphatic carboxylic acids is 2. The minimum Gasteiger partial charge on any atom is -0.508 e. The maximum atomic E-state index is 12.6. The van der Waals surface area contributed by atoms with E-state index in [1.165, 1.54) is 12.1 Å². The van der Waals surface area contributed by atoms with Crippen molar-refractivity contribution in [3.05, 3.63) is 29.8 Å². The first-order valence-corrected chi connectivity index (χ1v) is 8.60. The zero-order chi connectivity index (χ0) is 20.0. The summed E-state index contributed by atoms with van der Waals surface area (Å²) >= 11 is 0. The molecule has 4 N–H and O–H groups in total. The normalized spacial score (nSPS) is 17.3. The van der Waals surface area contributed by atoms with Gasteiger partial charge in [0.15, 0.2) is 0 Å². The minimum absolute atomic E-state index is 0.0243. The molecule has 1 aliphatic heterocycles. The van der Waals surface area contributed by atoms with E-state index in [2.05, 4.69) is 5.32 Å². The molecule has 0 unspecified atom stereocenters. The van der Waals surface area contributed by atoms with Gasteiger partial charge in [-0.1, -0.05) is 12.1 Å². The maximum absolute atomic E-state index is 12.6. The first-order valence-electron chi connectivity index (χ1n) is 8.60. The monoisotopic (exact) mass is 378 g/mol. The largest absolute Gasteiger partial charge is 0.508 e. The van der Waals surface area contributed by atoms with Crippen LogP contribution in [0.2, 0.25) is 0 Å². The molecule has 0 radical (unpaired) electrons. The molecule has 2 amide bonds. The molecule has 0 bridgehead atoms. The first-order chi connectivity index (χ1) is 12.8. The van der Waals surface area contributed by atoms with Crippen LogP contribution in [0.15, 0.2) is 24.3 Å². The highest BCUT2D eigenvalue weighted by atomic mass is 16.4. The number of benzene rings is 1. The summed E-state index contributed by atoms with van der Waals surface area (Å²) < 4.78 is 0. The van der Waals surface area contributed by atoms with Gasteiger partial charge in [0.2, 0.25) is 11.8 Å². The maximum Gasteiger partial charge on any atom is 0.326 e. The van der Waals surface area contributed by atoms with Crippen molar-refractivity contribution in [1.82, 2.24) is 10.2 Å². The number of aryl methyl sites for hydroxylation is 1. The number of carboxylic acid groups (broad SMARTS) is 2. The van der Waals surface area contributed by atoms with E-state index >= 15 is 0 Å². The Morgan fingerprint density at radius 3 is 2.41 bits per heavy atom. The molecular formula is C18H22N2O7. The second-order valence-electron chi connectivity index (χ2n) is 6.41. The zero-order valence-electron chi connectivity index (χ0n) is 14.6. The fraction of sp³-hybridized carbons (Fsp3) is 0.444. The van der Waals surface area contributed by atoms with Gasteiger partial charge in [0.25, 0.3) is 0 Å². The SMILES string of the molecule is O=C(O)C[C@@H](NC(=O)CCc1ccc(O)cc1)C(=O)N1CCC[C@H]1C(=O)O. The molecule has 27 heavy (non-hydrogen) atoms. The van der Waals surface area contributed by atoms with E-state index in [-0.39, 0.29) is 18.7 Å². The molecule has 1 aliphatic rings. The second-order valence-corrected chi connectivity index (χ2v) is 6.41. The van der Waals surface area contributed by atoms with E-state index in [4.69, 9.17) is 5.11 Å². The van der Waals surface area contributed by atoms with Crippen molar-refractivity contribution in [1.29, 1.82) is 0 Å². The molecule has 9 nitrogen and oxygen atoms in total. The van der Waals surface area contributed by atoms with Crippen LogP contribution < -0.4 is 5.32 Å². The summed E-state index contributed by atoms with van der Waals surface area (Å²) in [5.74, 6) is -3.50. The van der Waals surface area contributed by atoms with Crippen LogP contribution in [-0.4, -0.2) is 62.6 Å². The Labute approximate surface area is 155 Å². The Balaban J connectivity index is 1.99. The number of nitrogens with one attached hydrogen (secondary N) is 1. The highest BCUT2D eigenvalue weighted by Gasteiger charge is 2.38. The molecule has 146 valence electrons. The number of carboxylic acids is 2. The number of amides is 2. The van der Waals surface area contributed by atoms with Gasteiger partial charge in [-0.25, -0.2) is 4.79 Å². The molecular weight excluding hydrogens is 356 g/mol. The van der Waals surface area contributed by atoms with E-state index < -0.39 is 42.3 Å². The van der Waals surface area contributed by atoms with Gasteiger partial charge in [-0.2, -0.15) is 0 Å². The molecule has 9 heteroatoms. The molecule has 1 saturated heterocycles. The lowest BCUT2D eigenvalue weighted by Crippen LogP contribution is -2.52. The fourth-order valence-corrected chi connectivity index (χ4v) is 3.05. The molecule has 1 aromatic rings. The number of likely N-dealkylation sites (tertiary alicyclic amines) is 1. The standard InChI is InChI=1S/C18H22N2O7/c21-12-6-3-11(4-7-12)5-8-15(22)19-13(10-16(23)24)17(25)20-9-1-2-14(20)18(26)27/h3-4,6-7,13-14,21H,1-2,5,8-10H2,(H,19,22)(H,23,24)(H,26,27)/t13-,14+/m1/s1. The number of hydrogen-bond acceptors (Lipinski definition) is 5. The van der Waals surface area contributed by atoms with Gasteiger partial charge in [-0.15, -0.1) is 0 Å². The summed E-state index contributed by atoms with van der Waals surface area (Å²) in [5, 5.41) is 29.9. The average molecular weight is 378 g/mol. The number of aromatic hydroxyl groups is 1. The number of carbonyl (C=O) groups is 4. The van der Waals surface area contributed by atoms with Crippen LogP contribution in [0.5, 0.6) is 5.75 Å². The molecule has 1 heterocycles. The van der Waals surface area contributed by atoms with Crippen LogP contribution >= 0.6 is 0 Å². The summed E-state index contributed by atoms with van der Waals surface area (Å²) in [6, 6.07) is 3.98.